The molecule has 0 spiro atoms. The molecule has 0 bridgehead atoms. The minimum Gasteiger partial charge on any atom is -0.497 e. The molecule has 3 N–H and O–H groups in total. The summed E-state index contributed by atoms with van der Waals surface area (Å²) in [6.45, 7) is -0.736. The average Bonchev–Trinajstić information content (AvgIpc) is 2.86. The summed E-state index contributed by atoms with van der Waals surface area (Å²) >= 11 is 0. The molecule has 2 aromatic carbocycles. The molecule has 0 aliphatic heterocycles. The summed E-state index contributed by atoms with van der Waals surface area (Å²) in [6.07, 6.45) is -3.21. The fourth-order valence-corrected chi connectivity index (χ4v) is 2.77. The van der Waals surface area contributed by atoms with Crippen LogP contribution in [0.25, 0.3) is 0 Å². The highest BCUT2D eigenvalue weighted by atomic mass is 19.4. The van der Waals surface area contributed by atoms with Crippen molar-refractivity contribution in [3.8, 4) is 5.75 Å². The first-order valence-electron chi connectivity index (χ1n) is 9.97. The predicted octanol–water partition coefficient (Wildman–Crippen LogP) is 3.47. The van der Waals surface area contributed by atoms with Gasteiger partial charge in [0.05, 0.1) is 12.7 Å². The molecule has 1 aromatic heterocycles. The number of aromatic nitrogens is 1. The van der Waals surface area contributed by atoms with E-state index in [1.807, 2.05) is 0 Å². The fraction of sp³-hybridized carbons (Fsp3) is 0.130. The number of amides is 2. The molecule has 0 aliphatic carbocycles. The number of carbonyl (C=O) groups excluding carboxylic acids is 3. The molecule has 182 valence electrons. The first-order valence-corrected chi connectivity index (χ1v) is 9.97. The Balaban J connectivity index is 1.56. The highest BCUT2D eigenvalue weighted by Gasteiger charge is 2.30. The number of alkyl halides is 3. The van der Waals surface area contributed by atoms with E-state index < -0.39 is 36.1 Å². The number of nitrogens with zero attached hydrogens (tertiary/aromatic N) is 1. The summed E-state index contributed by atoms with van der Waals surface area (Å²) in [5.41, 5.74) is 3.59. The Morgan fingerprint density at radius 2 is 1.71 bits per heavy atom. The Kier molecular flexibility index (Phi) is 7.87. The Labute approximate surface area is 197 Å². The van der Waals surface area contributed by atoms with E-state index in [1.54, 1.807) is 12.1 Å². The van der Waals surface area contributed by atoms with Crippen LogP contribution < -0.4 is 20.9 Å². The molecular formula is C23H19F3N4O5. The van der Waals surface area contributed by atoms with Gasteiger partial charge in [-0.3, -0.25) is 20.4 Å². The number of methoxy groups -OCH3 is 1. The summed E-state index contributed by atoms with van der Waals surface area (Å²) in [4.78, 5) is 40.4. The number of nitrogens with one attached hydrogen (secondary N) is 3. The van der Waals surface area contributed by atoms with Crippen molar-refractivity contribution < 1.29 is 37.0 Å². The zero-order valence-corrected chi connectivity index (χ0v) is 18.2. The van der Waals surface area contributed by atoms with Crippen molar-refractivity contribution in [3.63, 3.8) is 0 Å². The van der Waals surface area contributed by atoms with E-state index in [0.29, 0.717) is 5.75 Å². The third-order valence-corrected chi connectivity index (χ3v) is 4.48. The van der Waals surface area contributed by atoms with Crippen LogP contribution in [0.4, 0.5) is 24.7 Å². The minimum atomic E-state index is -4.54. The standard InChI is InChI=1S/C23H19F3N4O5/c1-34-17-9-7-14(8-10-17)21(32)30-29-19(31)13-35-22(33)18-6-3-11-27-20(18)28-16-5-2-4-15(12-16)23(24,25)26/h2-12H,13H2,1H3,(H,27,28)(H,29,31)(H,30,32). The third kappa shape index (κ3) is 6.93. The van der Waals surface area contributed by atoms with E-state index in [4.69, 9.17) is 9.47 Å². The third-order valence-electron chi connectivity index (χ3n) is 4.48. The van der Waals surface area contributed by atoms with Gasteiger partial charge in [-0.25, -0.2) is 9.78 Å². The van der Waals surface area contributed by atoms with Gasteiger partial charge in [0.15, 0.2) is 6.61 Å². The normalized spacial score (nSPS) is 10.7. The number of benzene rings is 2. The molecule has 0 fully saturated rings. The summed E-state index contributed by atoms with van der Waals surface area (Å²) in [5, 5.41) is 2.64. The van der Waals surface area contributed by atoms with Crippen LogP contribution in [0, 0.1) is 0 Å². The second-order valence-corrected chi connectivity index (χ2v) is 6.91. The number of esters is 1. The Morgan fingerprint density at radius 1 is 0.971 bits per heavy atom. The van der Waals surface area contributed by atoms with E-state index in [2.05, 4.69) is 21.2 Å². The van der Waals surface area contributed by atoms with Crippen LogP contribution >= 0.6 is 0 Å². The number of hydrazine groups is 1. The van der Waals surface area contributed by atoms with Crippen molar-refractivity contribution in [2.45, 2.75) is 6.18 Å². The second-order valence-electron chi connectivity index (χ2n) is 6.91. The summed E-state index contributed by atoms with van der Waals surface area (Å²) < 4.78 is 48.8. The van der Waals surface area contributed by atoms with Gasteiger partial charge in [0.25, 0.3) is 11.8 Å². The highest BCUT2D eigenvalue weighted by Crippen LogP contribution is 2.31. The molecule has 3 rings (SSSR count). The molecule has 9 nitrogen and oxygen atoms in total. The van der Waals surface area contributed by atoms with Gasteiger partial charge in [-0.05, 0) is 54.6 Å². The number of pyridine rings is 1. The van der Waals surface area contributed by atoms with Crippen LogP contribution in [0.1, 0.15) is 26.3 Å². The van der Waals surface area contributed by atoms with Crippen LogP contribution in [0.5, 0.6) is 5.75 Å². The number of hydrogen-bond donors (Lipinski definition) is 3. The molecule has 0 aliphatic rings. The van der Waals surface area contributed by atoms with Crippen LogP contribution in [0.15, 0.2) is 66.9 Å². The molecule has 0 radical (unpaired) electrons. The van der Waals surface area contributed by atoms with E-state index >= 15 is 0 Å². The minimum absolute atomic E-state index is 0.0477. The largest absolute Gasteiger partial charge is 0.497 e. The topological polar surface area (TPSA) is 119 Å². The lowest BCUT2D eigenvalue weighted by Crippen LogP contribution is -2.43. The lowest BCUT2D eigenvalue weighted by molar-refractivity contribution is -0.137. The Bertz CT molecular complexity index is 1220. The van der Waals surface area contributed by atoms with Gasteiger partial charge in [-0.15, -0.1) is 0 Å². The number of carbonyl (C=O) groups is 3. The molecule has 35 heavy (non-hydrogen) atoms. The molecule has 0 saturated heterocycles. The van der Waals surface area contributed by atoms with E-state index in [0.717, 1.165) is 12.1 Å². The van der Waals surface area contributed by atoms with Gasteiger partial charge in [-0.1, -0.05) is 6.07 Å². The number of anilines is 2. The molecule has 0 unspecified atom stereocenters. The maximum Gasteiger partial charge on any atom is 0.416 e. The van der Waals surface area contributed by atoms with Crippen LogP contribution in [0.2, 0.25) is 0 Å². The number of hydrogen-bond acceptors (Lipinski definition) is 7. The molecule has 12 heteroatoms. The fourth-order valence-electron chi connectivity index (χ4n) is 2.77. The van der Waals surface area contributed by atoms with Crippen LogP contribution in [0.3, 0.4) is 0 Å². The smallest absolute Gasteiger partial charge is 0.416 e. The van der Waals surface area contributed by atoms with E-state index in [9.17, 15) is 27.6 Å². The molecule has 2 amide bonds. The van der Waals surface area contributed by atoms with E-state index in [-0.39, 0.29) is 22.6 Å². The Morgan fingerprint density at radius 3 is 2.40 bits per heavy atom. The average molecular weight is 488 g/mol. The summed E-state index contributed by atoms with van der Waals surface area (Å²) in [7, 11) is 1.48. The zero-order chi connectivity index (χ0) is 25.4. The van der Waals surface area contributed by atoms with Crippen LogP contribution in [-0.2, 0) is 15.7 Å². The second kappa shape index (κ2) is 11.0. The molecular weight excluding hydrogens is 469 g/mol. The summed E-state index contributed by atoms with van der Waals surface area (Å²) in [5.74, 6) is -1.90. The first kappa shape index (κ1) is 25.0. The van der Waals surface area contributed by atoms with Crippen molar-refractivity contribution in [3.05, 3.63) is 83.6 Å². The van der Waals surface area contributed by atoms with Gasteiger partial charge in [0.2, 0.25) is 0 Å². The van der Waals surface area contributed by atoms with Crippen molar-refractivity contribution in [1.82, 2.24) is 15.8 Å². The van der Waals surface area contributed by atoms with Crippen molar-refractivity contribution >= 4 is 29.3 Å². The maximum absolute atomic E-state index is 12.9. The monoisotopic (exact) mass is 488 g/mol. The van der Waals surface area contributed by atoms with Crippen molar-refractivity contribution in [1.29, 1.82) is 0 Å². The van der Waals surface area contributed by atoms with Crippen molar-refractivity contribution in [2.24, 2.45) is 0 Å². The number of ether oxygens (including phenoxy) is 2. The van der Waals surface area contributed by atoms with Gasteiger partial charge < -0.3 is 14.8 Å². The van der Waals surface area contributed by atoms with E-state index in [1.165, 1.54) is 49.7 Å². The van der Waals surface area contributed by atoms with Gasteiger partial charge in [0.1, 0.15) is 17.1 Å². The quantitative estimate of drug-likeness (QED) is 0.344. The molecule has 1 heterocycles. The number of halogens is 3. The van der Waals surface area contributed by atoms with Crippen molar-refractivity contribution in [2.75, 3.05) is 19.0 Å². The Hall–Kier alpha value is -4.61. The SMILES string of the molecule is COc1ccc(C(=O)NNC(=O)COC(=O)c2cccnc2Nc2cccc(C(F)(F)F)c2)cc1. The molecule has 3 aromatic rings. The summed E-state index contributed by atoms with van der Waals surface area (Å²) in [6, 6.07) is 13.2. The van der Waals surface area contributed by atoms with Gasteiger partial charge >= 0.3 is 12.1 Å². The van der Waals surface area contributed by atoms with Crippen LogP contribution in [-0.4, -0.2) is 36.5 Å². The number of rotatable bonds is 7. The highest BCUT2D eigenvalue weighted by molar-refractivity contribution is 5.97. The predicted molar refractivity (Wildman–Crippen MR) is 118 cm³/mol. The lowest BCUT2D eigenvalue weighted by Gasteiger charge is -2.13. The molecule has 0 atom stereocenters. The maximum atomic E-state index is 12.9. The first-order chi connectivity index (χ1) is 16.7. The zero-order valence-electron chi connectivity index (χ0n) is 18.2. The molecule has 0 saturated carbocycles. The van der Waals surface area contributed by atoms with Gasteiger partial charge in [0, 0.05) is 17.4 Å². The van der Waals surface area contributed by atoms with Gasteiger partial charge in [-0.2, -0.15) is 13.2 Å². The lowest BCUT2D eigenvalue weighted by atomic mass is 10.2.